The number of nitrogens with one attached hydrogen (secondary N) is 1. The molecule has 0 aliphatic rings. The van der Waals surface area contributed by atoms with Crippen molar-refractivity contribution in [1.82, 2.24) is 5.32 Å². The maximum atomic E-state index is 12.7. The molecule has 4 heteroatoms. The second kappa shape index (κ2) is 5.27. The van der Waals surface area contributed by atoms with Crippen molar-refractivity contribution in [2.45, 2.75) is 26.8 Å². The summed E-state index contributed by atoms with van der Waals surface area (Å²) in [6.07, 6.45) is 0. The summed E-state index contributed by atoms with van der Waals surface area (Å²) in [5.74, 6) is -1.11. The molecule has 0 amide bonds. The molecular formula is C13H18FNO2. The topological polar surface area (TPSA) is 49.3 Å². The Morgan fingerprint density at radius 3 is 2.41 bits per heavy atom. The van der Waals surface area contributed by atoms with Gasteiger partial charge in [0.25, 0.3) is 0 Å². The Kier molecular flexibility index (Phi) is 4.23. The lowest BCUT2D eigenvalue weighted by atomic mass is 9.93. The summed E-state index contributed by atoms with van der Waals surface area (Å²) in [5, 5.41) is 12.1. The molecule has 1 atom stereocenters. The van der Waals surface area contributed by atoms with Crippen LogP contribution in [0.3, 0.4) is 0 Å². The van der Waals surface area contributed by atoms with Crippen molar-refractivity contribution >= 4 is 5.97 Å². The van der Waals surface area contributed by atoms with Gasteiger partial charge in [-0.15, -0.1) is 0 Å². The fraction of sp³-hybridized carbons (Fsp3) is 0.462. The van der Waals surface area contributed by atoms with Crippen molar-refractivity contribution in [3.63, 3.8) is 0 Å². The normalized spacial score (nSPS) is 13.4. The Bertz CT molecular complexity index is 387. The highest BCUT2D eigenvalue weighted by molar-refractivity contribution is 5.73. The standard InChI is InChI=1S/C13H18FNO2/c1-9(10-4-6-11(14)7-5-10)15-8-13(2,3)12(16)17/h4-7,9,15H,8H2,1-3H3,(H,16,17). The van der Waals surface area contributed by atoms with Crippen molar-refractivity contribution in [3.8, 4) is 0 Å². The second-order valence-electron chi connectivity index (χ2n) is 4.84. The monoisotopic (exact) mass is 239 g/mol. The van der Waals surface area contributed by atoms with Crippen LogP contribution in [0.2, 0.25) is 0 Å². The van der Waals surface area contributed by atoms with Gasteiger partial charge in [-0.25, -0.2) is 4.39 Å². The van der Waals surface area contributed by atoms with Crippen LogP contribution < -0.4 is 5.32 Å². The predicted octanol–water partition coefficient (Wildman–Crippen LogP) is 2.59. The van der Waals surface area contributed by atoms with E-state index in [1.807, 2.05) is 6.92 Å². The molecule has 0 spiro atoms. The smallest absolute Gasteiger partial charge is 0.310 e. The number of carboxylic acid groups (broad SMARTS) is 1. The largest absolute Gasteiger partial charge is 0.481 e. The highest BCUT2D eigenvalue weighted by atomic mass is 19.1. The number of carbonyl (C=O) groups is 1. The number of aliphatic carboxylic acids is 1. The molecule has 3 nitrogen and oxygen atoms in total. The lowest BCUT2D eigenvalue weighted by Gasteiger charge is -2.23. The first-order valence-electron chi connectivity index (χ1n) is 5.55. The first-order chi connectivity index (χ1) is 7.83. The van der Waals surface area contributed by atoms with Gasteiger partial charge in [0.05, 0.1) is 5.41 Å². The van der Waals surface area contributed by atoms with Gasteiger partial charge in [0.2, 0.25) is 0 Å². The number of halogens is 1. The van der Waals surface area contributed by atoms with Crippen LogP contribution in [0, 0.1) is 11.2 Å². The molecular weight excluding hydrogens is 221 g/mol. The number of hydrogen-bond acceptors (Lipinski definition) is 2. The Morgan fingerprint density at radius 1 is 1.41 bits per heavy atom. The second-order valence-corrected chi connectivity index (χ2v) is 4.84. The molecule has 0 aromatic heterocycles. The Balaban J connectivity index is 2.58. The summed E-state index contributed by atoms with van der Waals surface area (Å²) < 4.78 is 12.7. The molecule has 0 bridgehead atoms. The van der Waals surface area contributed by atoms with Crippen molar-refractivity contribution < 1.29 is 14.3 Å². The first kappa shape index (κ1) is 13.6. The van der Waals surface area contributed by atoms with Gasteiger partial charge in [-0.05, 0) is 38.5 Å². The van der Waals surface area contributed by atoms with Gasteiger partial charge in [0, 0.05) is 12.6 Å². The number of hydrogen-bond donors (Lipinski definition) is 2. The van der Waals surface area contributed by atoms with E-state index in [2.05, 4.69) is 5.32 Å². The molecule has 0 saturated heterocycles. The lowest BCUT2D eigenvalue weighted by Crippen LogP contribution is -2.37. The van der Waals surface area contributed by atoms with Crippen LogP contribution in [0.5, 0.6) is 0 Å². The van der Waals surface area contributed by atoms with Gasteiger partial charge in [-0.3, -0.25) is 4.79 Å². The van der Waals surface area contributed by atoms with E-state index in [-0.39, 0.29) is 11.9 Å². The van der Waals surface area contributed by atoms with Crippen LogP contribution >= 0.6 is 0 Å². The van der Waals surface area contributed by atoms with Crippen molar-refractivity contribution in [1.29, 1.82) is 0 Å². The highest BCUT2D eigenvalue weighted by Crippen LogP contribution is 2.17. The van der Waals surface area contributed by atoms with Crippen LogP contribution in [-0.2, 0) is 4.79 Å². The van der Waals surface area contributed by atoms with Crippen molar-refractivity contribution in [2.24, 2.45) is 5.41 Å². The zero-order chi connectivity index (χ0) is 13.1. The van der Waals surface area contributed by atoms with E-state index in [0.29, 0.717) is 6.54 Å². The maximum absolute atomic E-state index is 12.7. The van der Waals surface area contributed by atoms with Crippen LogP contribution in [0.25, 0.3) is 0 Å². The van der Waals surface area contributed by atoms with E-state index in [0.717, 1.165) is 5.56 Å². The van der Waals surface area contributed by atoms with Crippen LogP contribution in [0.4, 0.5) is 4.39 Å². The molecule has 0 aliphatic carbocycles. The Hall–Kier alpha value is -1.42. The molecule has 17 heavy (non-hydrogen) atoms. The van der Waals surface area contributed by atoms with E-state index in [1.165, 1.54) is 12.1 Å². The maximum Gasteiger partial charge on any atom is 0.310 e. The van der Waals surface area contributed by atoms with Gasteiger partial charge in [0.1, 0.15) is 5.82 Å². The average Bonchev–Trinajstić information content (AvgIpc) is 2.27. The molecule has 0 fully saturated rings. The third kappa shape index (κ3) is 3.82. The van der Waals surface area contributed by atoms with Gasteiger partial charge in [-0.1, -0.05) is 12.1 Å². The van der Waals surface area contributed by atoms with Crippen molar-refractivity contribution in [3.05, 3.63) is 35.6 Å². The Labute approximate surface area is 101 Å². The van der Waals surface area contributed by atoms with Crippen LogP contribution in [0.1, 0.15) is 32.4 Å². The molecule has 1 aromatic rings. The summed E-state index contributed by atoms with van der Waals surface area (Å²) in [5.41, 5.74) is 0.126. The minimum absolute atomic E-state index is 0.00535. The number of carboxylic acids is 1. The molecule has 1 rings (SSSR count). The molecule has 0 aliphatic heterocycles. The van der Waals surface area contributed by atoms with Gasteiger partial charge in [0.15, 0.2) is 0 Å². The van der Waals surface area contributed by atoms with E-state index < -0.39 is 11.4 Å². The zero-order valence-electron chi connectivity index (χ0n) is 10.3. The molecule has 0 saturated carbocycles. The van der Waals surface area contributed by atoms with Crippen LogP contribution in [-0.4, -0.2) is 17.6 Å². The van der Waals surface area contributed by atoms with E-state index >= 15 is 0 Å². The summed E-state index contributed by atoms with van der Waals surface area (Å²) in [7, 11) is 0. The molecule has 0 radical (unpaired) electrons. The SMILES string of the molecule is CC(NCC(C)(C)C(=O)O)c1ccc(F)cc1. The average molecular weight is 239 g/mol. The highest BCUT2D eigenvalue weighted by Gasteiger charge is 2.27. The lowest BCUT2D eigenvalue weighted by molar-refractivity contribution is -0.146. The first-order valence-corrected chi connectivity index (χ1v) is 5.55. The molecule has 0 heterocycles. The fourth-order valence-electron chi connectivity index (χ4n) is 1.35. The molecule has 1 aromatic carbocycles. The number of benzene rings is 1. The van der Waals surface area contributed by atoms with Gasteiger partial charge < -0.3 is 10.4 Å². The Morgan fingerprint density at radius 2 is 1.94 bits per heavy atom. The van der Waals surface area contributed by atoms with Crippen LogP contribution in [0.15, 0.2) is 24.3 Å². The molecule has 2 N–H and O–H groups in total. The molecule has 94 valence electrons. The summed E-state index contributed by atoms with van der Waals surface area (Å²) >= 11 is 0. The number of rotatable bonds is 5. The van der Waals surface area contributed by atoms with Crippen molar-refractivity contribution in [2.75, 3.05) is 6.54 Å². The van der Waals surface area contributed by atoms with Gasteiger partial charge in [-0.2, -0.15) is 0 Å². The predicted molar refractivity (Wildman–Crippen MR) is 64.2 cm³/mol. The third-order valence-electron chi connectivity index (χ3n) is 2.80. The van der Waals surface area contributed by atoms with E-state index in [9.17, 15) is 9.18 Å². The summed E-state index contributed by atoms with van der Waals surface area (Å²) in [6, 6.07) is 6.18. The third-order valence-corrected chi connectivity index (χ3v) is 2.80. The minimum atomic E-state index is -0.837. The fourth-order valence-corrected chi connectivity index (χ4v) is 1.35. The summed E-state index contributed by atoms with van der Waals surface area (Å²) in [4.78, 5) is 10.9. The minimum Gasteiger partial charge on any atom is -0.481 e. The summed E-state index contributed by atoms with van der Waals surface area (Å²) in [6.45, 7) is 5.62. The zero-order valence-corrected chi connectivity index (χ0v) is 10.3. The van der Waals surface area contributed by atoms with E-state index in [1.54, 1.807) is 26.0 Å². The molecule has 1 unspecified atom stereocenters. The quantitative estimate of drug-likeness (QED) is 0.830. The van der Waals surface area contributed by atoms with E-state index in [4.69, 9.17) is 5.11 Å². The van der Waals surface area contributed by atoms with Gasteiger partial charge >= 0.3 is 5.97 Å².